The number of pyridine rings is 1. The number of anilines is 1. The van der Waals surface area contributed by atoms with Gasteiger partial charge in [0.15, 0.2) is 6.20 Å². The molecule has 1 rings (SSSR count). The van der Waals surface area contributed by atoms with Crippen LogP contribution >= 0.6 is 0 Å². The molecule has 7 nitrogen and oxygen atoms in total. The number of nitrogens with one attached hydrogen (secondary N) is 1. The zero-order chi connectivity index (χ0) is 15.1. The number of hydrogen-bond acceptors (Lipinski definition) is 5. The Balaban J connectivity index is 2.36. The summed E-state index contributed by atoms with van der Waals surface area (Å²) in [5.41, 5.74) is 0.717. The van der Waals surface area contributed by atoms with Gasteiger partial charge in [-0.2, -0.15) is 0 Å². The lowest BCUT2D eigenvalue weighted by Gasteiger charge is -2.14. The Bertz CT molecular complexity index is 461. The van der Waals surface area contributed by atoms with Crippen LogP contribution in [0.2, 0.25) is 0 Å². The third-order valence-electron chi connectivity index (χ3n) is 3.04. The number of hydrogen-bond donors (Lipinski definition) is 2. The van der Waals surface area contributed by atoms with Crippen molar-refractivity contribution in [1.29, 1.82) is 0 Å². The molecule has 20 heavy (non-hydrogen) atoms. The number of rotatable bonds is 8. The molecule has 2 N–H and O–H groups in total. The van der Waals surface area contributed by atoms with Crippen molar-refractivity contribution < 1.29 is 14.8 Å². The average Bonchev–Trinajstić information content (AvgIpc) is 2.39. The first-order valence-electron chi connectivity index (χ1n) is 6.50. The van der Waals surface area contributed by atoms with Gasteiger partial charge in [-0.1, -0.05) is 13.3 Å². The van der Waals surface area contributed by atoms with E-state index in [2.05, 4.69) is 10.3 Å². The second kappa shape index (κ2) is 7.42. The maximum atomic E-state index is 10.7. The van der Waals surface area contributed by atoms with E-state index < -0.39 is 10.9 Å². The van der Waals surface area contributed by atoms with Crippen molar-refractivity contribution in [3.63, 3.8) is 0 Å². The maximum absolute atomic E-state index is 10.7. The highest BCUT2D eigenvalue weighted by Gasteiger charge is 2.12. The first-order valence-corrected chi connectivity index (χ1v) is 6.50. The van der Waals surface area contributed by atoms with Crippen LogP contribution in [0.3, 0.4) is 0 Å². The fraction of sp³-hybridized carbons (Fsp3) is 0.538. The van der Waals surface area contributed by atoms with E-state index in [-0.39, 0.29) is 17.8 Å². The molecule has 2 unspecified atom stereocenters. The van der Waals surface area contributed by atoms with Gasteiger partial charge in [0, 0.05) is 12.1 Å². The van der Waals surface area contributed by atoms with E-state index in [1.807, 2.05) is 6.92 Å². The monoisotopic (exact) mass is 281 g/mol. The van der Waals surface area contributed by atoms with Crippen molar-refractivity contribution in [1.82, 2.24) is 4.98 Å². The number of nitro groups is 1. The van der Waals surface area contributed by atoms with E-state index >= 15 is 0 Å². The number of nitrogens with zero attached hydrogens (tertiary/aromatic N) is 2. The predicted octanol–water partition coefficient (Wildman–Crippen LogP) is 2.68. The maximum Gasteiger partial charge on any atom is 0.363 e. The SMILES string of the molecule is CC(CCCC(C)C(=O)O)Nc1ccc([N+](=O)[O-])nc1. The van der Waals surface area contributed by atoms with Crippen LogP contribution in [-0.2, 0) is 4.79 Å². The molecule has 0 aliphatic heterocycles. The van der Waals surface area contributed by atoms with Crippen molar-refractivity contribution in [2.75, 3.05) is 5.32 Å². The number of aromatic nitrogens is 1. The highest BCUT2D eigenvalue weighted by molar-refractivity contribution is 5.69. The largest absolute Gasteiger partial charge is 0.481 e. The Hall–Kier alpha value is -2.18. The third-order valence-corrected chi connectivity index (χ3v) is 3.04. The molecule has 7 heteroatoms. The number of carboxylic acids is 1. The van der Waals surface area contributed by atoms with Gasteiger partial charge in [0.25, 0.3) is 0 Å². The number of carboxylic acid groups (broad SMARTS) is 1. The van der Waals surface area contributed by atoms with Gasteiger partial charge < -0.3 is 20.5 Å². The lowest BCUT2D eigenvalue weighted by Crippen LogP contribution is -2.16. The Kier molecular flexibility index (Phi) is 5.89. The molecule has 0 radical (unpaired) electrons. The zero-order valence-electron chi connectivity index (χ0n) is 11.6. The second-order valence-corrected chi connectivity index (χ2v) is 4.88. The highest BCUT2D eigenvalue weighted by Crippen LogP contribution is 2.15. The fourth-order valence-electron chi connectivity index (χ4n) is 1.79. The quantitative estimate of drug-likeness (QED) is 0.560. The molecule has 1 aromatic rings. The van der Waals surface area contributed by atoms with Gasteiger partial charge in [-0.25, -0.2) is 0 Å². The van der Waals surface area contributed by atoms with E-state index in [9.17, 15) is 14.9 Å². The fourth-order valence-corrected chi connectivity index (χ4v) is 1.79. The van der Waals surface area contributed by atoms with Crippen LogP contribution in [0.25, 0.3) is 0 Å². The van der Waals surface area contributed by atoms with Crippen LogP contribution in [0.1, 0.15) is 33.1 Å². The molecule has 0 saturated heterocycles. The van der Waals surface area contributed by atoms with Crippen molar-refractivity contribution in [2.24, 2.45) is 5.92 Å². The van der Waals surface area contributed by atoms with Crippen LogP contribution in [-0.4, -0.2) is 27.0 Å². The van der Waals surface area contributed by atoms with Crippen molar-refractivity contribution >= 4 is 17.5 Å². The van der Waals surface area contributed by atoms with Crippen LogP contribution < -0.4 is 5.32 Å². The Labute approximate surface area is 117 Å². The molecule has 0 fully saturated rings. The van der Waals surface area contributed by atoms with Gasteiger partial charge in [-0.3, -0.25) is 4.79 Å². The summed E-state index contributed by atoms with van der Waals surface area (Å²) in [6, 6.07) is 3.11. The first kappa shape index (κ1) is 15.9. The summed E-state index contributed by atoms with van der Waals surface area (Å²) in [6.07, 6.45) is 3.70. The molecule has 2 atom stereocenters. The average molecular weight is 281 g/mol. The highest BCUT2D eigenvalue weighted by atomic mass is 16.6. The minimum absolute atomic E-state index is 0.152. The predicted molar refractivity (Wildman–Crippen MR) is 74.6 cm³/mol. The van der Waals surface area contributed by atoms with Crippen LogP contribution in [0, 0.1) is 16.0 Å². The molecule has 0 saturated carbocycles. The molecule has 110 valence electrons. The third kappa shape index (κ3) is 5.21. The lowest BCUT2D eigenvalue weighted by atomic mass is 10.0. The molecular formula is C13H19N3O4. The van der Waals surface area contributed by atoms with Crippen LogP contribution in [0.15, 0.2) is 18.3 Å². The van der Waals surface area contributed by atoms with Crippen LogP contribution in [0.4, 0.5) is 11.5 Å². The van der Waals surface area contributed by atoms with E-state index in [1.165, 1.54) is 12.3 Å². The van der Waals surface area contributed by atoms with E-state index in [4.69, 9.17) is 5.11 Å². The normalized spacial score (nSPS) is 13.5. The standard InChI is InChI=1S/C13H19N3O4/c1-9(13(17)18)4-3-5-10(2)15-11-6-7-12(14-8-11)16(19)20/h6-10,15H,3-5H2,1-2H3,(H,17,18). The van der Waals surface area contributed by atoms with E-state index in [0.29, 0.717) is 6.42 Å². The van der Waals surface area contributed by atoms with Crippen LogP contribution in [0.5, 0.6) is 0 Å². The zero-order valence-corrected chi connectivity index (χ0v) is 11.6. The summed E-state index contributed by atoms with van der Waals surface area (Å²) in [4.78, 5) is 24.3. The minimum Gasteiger partial charge on any atom is -0.481 e. The molecule has 0 aliphatic rings. The van der Waals surface area contributed by atoms with Gasteiger partial charge in [-0.15, -0.1) is 0 Å². The summed E-state index contributed by atoms with van der Waals surface area (Å²) >= 11 is 0. The number of aliphatic carboxylic acids is 1. The van der Waals surface area contributed by atoms with Gasteiger partial charge >= 0.3 is 11.8 Å². The Morgan fingerprint density at radius 1 is 1.45 bits per heavy atom. The molecular weight excluding hydrogens is 262 g/mol. The minimum atomic E-state index is -0.773. The summed E-state index contributed by atoms with van der Waals surface area (Å²) in [5, 5.41) is 22.4. The summed E-state index contributed by atoms with van der Waals surface area (Å²) in [6.45, 7) is 3.67. The van der Waals surface area contributed by atoms with E-state index in [0.717, 1.165) is 18.5 Å². The Morgan fingerprint density at radius 3 is 2.65 bits per heavy atom. The van der Waals surface area contributed by atoms with Gasteiger partial charge in [0.05, 0.1) is 11.6 Å². The molecule has 0 bridgehead atoms. The molecule has 0 aromatic carbocycles. The molecule has 0 aliphatic carbocycles. The number of carbonyl (C=O) groups is 1. The van der Waals surface area contributed by atoms with E-state index in [1.54, 1.807) is 13.0 Å². The first-order chi connectivity index (χ1) is 9.40. The second-order valence-electron chi connectivity index (χ2n) is 4.88. The Morgan fingerprint density at radius 2 is 2.15 bits per heavy atom. The molecule has 0 spiro atoms. The summed E-state index contributed by atoms with van der Waals surface area (Å²) < 4.78 is 0. The molecule has 0 amide bonds. The summed E-state index contributed by atoms with van der Waals surface area (Å²) in [7, 11) is 0. The van der Waals surface area contributed by atoms with Gasteiger partial charge in [0.2, 0.25) is 0 Å². The molecule has 1 heterocycles. The van der Waals surface area contributed by atoms with Crippen molar-refractivity contribution in [3.05, 3.63) is 28.4 Å². The smallest absolute Gasteiger partial charge is 0.363 e. The van der Waals surface area contributed by atoms with Crippen molar-refractivity contribution in [3.8, 4) is 0 Å². The van der Waals surface area contributed by atoms with Gasteiger partial charge in [-0.05, 0) is 35.7 Å². The van der Waals surface area contributed by atoms with Gasteiger partial charge in [0.1, 0.15) is 0 Å². The van der Waals surface area contributed by atoms with Crippen molar-refractivity contribution in [2.45, 2.75) is 39.2 Å². The lowest BCUT2D eigenvalue weighted by molar-refractivity contribution is -0.389. The topological polar surface area (TPSA) is 105 Å². The molecule has 1 aromatic heterocycles. The summed E-state index contributed by atoms with van der Waals surface area (Å²) in [5.74, 6) is -1.29.